The van der Waals surface area contributed by atoms with Gasteiger partial charge in [0.25, 0.3) is 11.8 Å². The van der Waals surface area contributed by atoms with Gasteiger partial charge in [-0.05, 0) is 41.5 Å². The molecule has 3 heterocycles. The first-order valence-electron chi connectivity index (χ1n) is 9.73. The van der Waals surface area contributed by atoms with Crippen LogP contribution in [-0.4, -0.2) is 40.1 Å². The highest BCUT2D eigenvalue weighted by molar-refractivity contribution is 6.02. The van der Waals surface area contributed by atoms with Gasteiger partial charge < -0.3 is 5.32 Å². The first-order chi connectivity index (χ1) is 14.1. The number of H-pyrrole nitrogens is 1. The van der Waals surface area contributed by atoms with Gasteiger partial charge in [-0.2, -0.15) is 5.10 Å². The number of likely N-dealkylation sites (N-methyl/N-ethyl adjacent to an activating group) is 1. The van der Waals surface area contributed by atoms with E-state index in [0.29, 0.717) is 17.9 Å². The quantitative estimate of drug-likeness (QED) is 0.719. The van der Waals surface area contributed by atoms with Crippen LogP contribution in [0.2, 0.25) is 0 Å². The number of nitrogens with zero attached hydrogens (tertiary/aromatic N) is 3. The van der Waals surface area contributed by atoms with Crippen LogP contribution in [0.5, 0.6) is 0 Å². The summed E-state index contributed by atoms with van der Waals surface area (Å²) in [7, 11) is 1.71. The number of anilines is 1. The van der Waals surface area contributed by atoms with Gasteiger partial charge in [-0.25, -0.2) is 4.98 Å². The number of pyridine rings is 1. The topological polar surface area (TPSA) is 91.0 Å². The second-order valence-electron chi connectivity index (χ2n) is 7.71. The third kappa shape index (κ3) is 3.18. The summed E-state index contributed by atoms with van der Waals surface area (Å²) in [6.07, 6.45) is 3.23. The minimum Gasteiger partial charge on any atom is -0.339 e. The Labute approximate surface area is 168 Å². The van der Waals surface area contributed by atoms with Gasteiger partial charge in [-0.1, -0.05) is 36.4 Å². The van der Waals surface area contributed by atoms with Crippen LogP contribution < -0.4 is 10.2 Å². The molecule has 29 heavy (non-hydrogen) atoms. The number of rotatable bonds is 4. The SMILES string of the molecule is CN1C(=O)[C@@H](NC(=O)c2cc(Cc3ccccc3)[nH]n2)C2CC2c2cccnc21. The number of amides is 2. The lowest BCUT2D eigenvalue weighted by atomic mass is 10.1. The van der Waals surface area contributed by atoms with Crippen molar-refractivity contribution < 1.29 is 9.59 Å². The number of carbonyl (C=O) groups is 2. The third-order valence-electron chi connectivity index (χ3n) is 5.79. The fourth-order valence-corrected chi connectivity index (χ4v) is 4.18. The fraction of sp³-hybridized carbons (Fsp3) is 0.273. The zero-order chi connectivity index (χ0) is 20.0. The number of fused-ring (bicyclic) bond motifs is 3. The first kappa shape index (κ1) is 17.6. The molecule has 1 fully saturated rings. The zero-order valence-corrected chi connectivity index (χ0v) is 16.0. The van der Waals surface area contributed by atoms with Crippen LogP contribution in [0.15, 0.2) is 54.7 Å². The molecule has 2 unspecified atom stereocenters. The van der Waals surface area contributed by atoms with Crippen molar-refractivity contribution in [3.8, 4) is 0 Å². The highest BCUT2D eigenvalue weighted by atomic mass is 16.2. The van der Waals surface area contributed by atoms with Gasteiger partial charge in [-0.15, -0.1) is 0 Å². The second kappa shape index (κ2) is 6.84. The van der Waals surface area contributed by atoms with E-state index in [9.17, 15) is 9.59 Å². The van der Waals surface area contributed by atoms with E-state index in [1.165, 1.54) is 0 Å². The van der Waals surface area contributed by atoms with Gasteiger partial charge >= 0.3 is 0 Å². The molecule has 7 heteroatoms. The molecule has 0 bridgehead atoms. The molecule has 0 saturated heterocycles. The molecule has 2 amide bonds. The minimum absolute atomic E-state index is 0.0991. The summed E-state index contributed by atoms with van der Waals surface area (Å²) < 4.78 is 0. The molecule has 2 aromatic heterocycles. The van der Waals surface area contributed by atoms with Crippen LogP contribution in [0.25, 0.3) is 0 Å². The Kier molecular flexibility index (Phi) is 4.16. The molecular formula is C22H21N5O2. The fourth-order valence-electron chi connectivity index (χ4n) is 4.18. The number of nitrogens with one attached hydrogen (secondary N) is 2. The Bertz CT molecular complexity index is 1080. The van der Waals surface area contributed by atoms with E-state index in [1.807, 2.05) is 42.5 Å². The molecule has 1 aliphatic carbocycles. The maximum Gasteiger partial charge on any atom is 0.272 e. The normalized spacial score (nSPS) is 22.4. The van der Waals surface area contributed by atoms with Crippen molar-refractivity contribution in [2.24, 2.45) is 5.92 Å². The summed E-state index contributed by atoms with van der Waals surface area (Å²) in [5, 5.41) is 9.99. The van der Waals surface area contributed by atoms with Crippen LogP contribution in [0.3, 0.4) is 0 Å². The lowest BCUT2D eigenvalue weighted by Crippen LogP contribution is -2.48. The average Bonchev–Trinajstić information content (AvgIpc) is 3.41. The Balaban J connectivity index is 1.32. The molecule has 146 valence electrons. The molecule has 0 radical (unpaired) electrons. The molecule has 1 aromatic carbocycles. The van der Waals surface area contributed by atoms with E-state index in [0.717, 1.165) is 23.2 Å². The zero-order valence-electron chi connectivity index (χ0n) is 16.0. The Morgan fingerprint density at radius 2 is 2.07 bits per heavy atom. The van der Waals surface area contributed by atoms with Gasteiger partial charge in [0.05, 0.1) is 0 Å². The number of aromatic nitrogens is 3. The van der Waals surface area contributed by atoms with E-state index >= 15 is 0 Å². The largest absolute Gasteiger partial charge is 0.339 e. The highest BCUT2D eigenvalue weighted by Crippen LogP contribution is 2.53. The number of hydrogen-bond acceptors (Lipinski definition) is 4. The number of hydrogen-bond donors (Lipinski definition) is 2. The summed E-state index contributed by atoms with van der Waals surface area (Å²) in [5.41, 5.74) is 3.36. The third-order valence-corrected chi connectivity index (χ3v) is 5.79. The van der Waals surface area contributed by atoms with E-state index in [-0.39, 0.29) is 23.7 Å². The van der Waals surface area contributed by atoms with Crippen LogP contribution in [0.4, 0.5) is 5.82 Å². The van der Waals surface area contributed by atoms with Gasteiger partial charge in [0.1, 0.15) is 17.6 Å². The Morgan fingerprint density at radius 3 is 2.90 bits per heavy atom. The first-order valence-corrected chi connectivity index (χ1v) is 9.73. The average molecular weight is 387 g/mol. The van der Waals surface area contributed by atoms with Crippen molar-refractivity contribution in [3.63, 3.8) is 0 Å². The summed E-state index contributed by atoms with van der Waals surface area (Å²) in [4.78, 5) is 31.7. The molecule has 1 saturated carbocycles. The summed E-state index contributed by atoms with van der Waals surface area (Å²) in [6.45, 7) is 0. The molecule has 0 spiro atoms. The number of aromatic amines is 1. The van der Waals surface area contributed by atoms with Crippen molar-refractivity contribution >= 4 is 17.6 Å². The van der Waals surface area contributed by atoms with E-state index < -0.39 is 6.04 Å². The van der Waals surface area contributed by atoms with Crippen molar-refractivity contribution in [1.82, 2.24) is 20.5 Å². The minimum atomic E-state index is -0.569. The second-order valence-corrected chi connectivity index (χ2v) is 7.71. The predicted molar refractivity (Wildman–Crippen MR) is 108 cm³/mol. The maximum absolute atomic E-state index is 13.0. The van der Waals surface area contributed by atoms with Crippen molar-refractivity contribution in [1.29, 1.82) is 0 Å². The molecule has 7 nitrogen and oxygen atoms in total. The van der Waals surface area contributed by atoms with Gasteiger partial charge in [0.2, 0.25) is 0 Å². The lowest BCUT2D eigenvalue weighted by Gasteiger charge is -2.22. The Morgan fingerprint density at radius 1 is 1.24 bits per heavy atom. The van der Waals surface area contributed by atoms with Gasteiger partial charge in [0.15, 0.2) is 0 Å². The van der Waals surface area contributed by atoms with Gasteiger partial charge in [-0.3, -0.25) is 19.6 Å². The molecule has 5 rings (SSSR count). The van der Waals surface area contributed by atoms with E-state index in [4.69, 9.17) is 0 Å². The lowest BCUT2D eigenvalue weighted by molar-refractivity contribution is -0.120. The summed E-state index contributed by atoms with van der Waals surface area (Å²) in [6, 6.07) is 15.1. The summed E-state index contributed by atoms with van der Waals surface area (Å²) in [5.74, 6) is 0.569. The Hall–Kier alpha value is -3.48. The van der Waals surface area contributed by atoms with Crippen molar-refractivity contribution in [3.05, 3.63) is 77.2 Å². The number of carbonyl (C=O) groups excluding carboxylic acids is 2. The van der Waals surface area contributed by atoms with Crippen molar-refractivity contribution in [2.75, 3.05) is 11.9 Å². The maximum atomic E-state index is 13.0. The molecule has 3 atom stereocenters. The molecule has 3 aromatic rings. The highest BCUT2D eigenvalue weighted by Gasteiger charge is 2.52. The monoisotopic (exact) mass is 387 g/mol. The standard InChI is InChI=1S/C22H21N5O2/c1-27-20-15(8-5-9-23-20)16-12-17(16)19(22(27)29)24-21(28)18-11-14(25-26-18)10-13-6-3-2-4-7-13/h2-9,11,16-17,19H,10,12H2,1H3,(H,24,28)(H,25,26)/t16?,17?,19-/m0/s1. The predicted octanol–water partition coefficient (Wildman–Crippen LogP) is 2.27. The van der Waals surface area contributed by atoms with Gasteiger partial charge in [0, 0.05) is 25.4 Å². The number of benzene rings is 1. The smallest absolute Gasteiger partial charge is 0.272 e. The summed E-state index contributed by atoms with van der Waals surface area (Å²) >= 11 is 0. The van der Waals surface area contributed by atoms with E-state index in [2.05, 4.69) is 20.5 Å². The van der Waals surface area contributed by atoms with Crippen LogP contribution in [-0.2, 0) is 11.2 Å². The van der Waals surface area contributed by atoms with Crippen LogP contribution in [0, 0.1) is 5.92 Å². The van der Waals surface area contributed by atoms with Crippen molar-refractivity contribution in [2.45, 2.75) is 24.8 Å². The molecule has 1 aliphatic heterocycles. The molecular weight excluding hydrogens is 366 g/mol. The van der Waals surface area contributed by atoms with Crippen LogP contribution in [0.1, 0.15) is 39.6 Å². The molecule has 2 N–H and O–H groups in total. The van der Waals surface area contributed by atoms with Crippen LogP contribution >= 0.6 is 0 Å². The van der Waals surface area contributed by atoms with E-state index in [1.54, 1.807) is 24.2 Å². The molecule has 2 aliphatic rings.